The lowest BCUT2D eigenvalue weighted by Crippen LogP contribution is -2.47. The molecule has 3 rings (SSSR count). The number of nitrogens with zero attached hydrogens (tertiary/aromatic N) is 1. The van der Waals surface area contributed by atoms with Gasteiger partial charge in [-0.3, -0.25) is 9.36 Å². The van der Waals surface area contributed by atoms with Crippen LogP contribution in [0.5, 0.6) is 5.75 Å². The molecule has 30 heavy (non-hydrogen) atoms. The van der Waals surface area contributed by atoms with Crippen LogP contribution in [0.15, 0.2) is 24.4 Å². The summed E-state index contributed by atoms with van der Waals surface area (Å²) in [6.45, 7) is 1.59. The van der Waals surface area contributed by atoms with Crippen LogP contribution in [-0.2, 0) is 4.79 Å². The summed E-state index contributed by atoms with van der Waals surface area (Å²) in [6, 6.07) is 4.78. The Morgan fingerprint density at radius 2 is 1.97 bits per heavy atom. The molecule has 10 heteroatoms. The fourth-order valence-electron chi connectivity index (χ4n) is 3.82. The first kappa shape index (κ1) is 21.9. The van der Waals surface area contributed by atoms with Crippen molar-refractivity contribution in [3.63, 3.8) is 0 Å². The molecule has 1 aromatic heterocycles. The molecule has 164 valence electrons. The van der Waals surface area contributed by atoms with Crippen LogP contribution in [-0.4, -0.2) is 45.2 Å². The van der Waals surface area contributed by atoms with E-state index in [4.69, 9.17) is 4.74 Å². The van der Waals surface area contributed by atoms with Crippen molar-refractivity contribution in [2.24, 2.45) is 5.92 Å². The molecule has 1 heterocycles. The quantitative estimate of drug-likeness (QED) is 0.656. The Morgan fingerprint density at radius 1 is 1.30 bits per heavy atom. The van der Waals surface area contributed by atoms with Crippen molar-refractivity contribution < 1.29 is 37.7 Å². The summed E-state index contributed by atoms with van der Waals surface area (Å²) in [5, 5.41) is 22.1. The van der Waals surface area contributed by atoms with E-state index in [9.17, 15) is 33.0 Å². The van der Waals surface area contributed by atoms with Gasteiger partial charge in [-0.25, -0.2) is 4.79 Å². The van der Waals surface area contributed by atoms with Gasteiger partial charge >= 0.3 is 12.3 Å². The first-order valence-corrected chi connectivity index (χ1v) is 9.58. The van der Waals surface area contributed by atoms with E-state index >= 15 is 0 Å². The van der Waals surface area contributed by atoms with Crippen molar-refractivity contribution in [2.45, 2.75) is 50.8 Å². The van der Waals surface area contributed by atoms with Crippen LogP contribution in [0.1, 0.15) is 39.0 Å². The first-order chi connectivity index (χ1) is 14.0. The van der Waals surface area contributed by atoms with Gasteiger partial charge in [0.25, 0.3) is 0 Å². The minimum absolute atomic E-state index is 0.0272. The number of nitrogens with one attached hydrogen (secondary N) is 1. The largest absolute Gasteiger partial charge is 0.494 e. The fraction of sp³-hybridized carbons (Fsp3) is 0.500. The Balaban J connectivity index is 1.63. The number of carbonyl (C=O) groups is 2. The minimum Gasteiger partial charge on any atom is -0.494 e. The Labute approximate surface area is 170 Å². The van der Waals surface area contributed by atoms with Crippen LogP contribution >= 0.6 is 0 Å². The predicted molar refractivity (Wildman–Crippen MR) is 103 cm³/mol. The van der Waals surface area contributed by atoms with Crippen LogP contribution < -0.4 is 10.1 Å². The molecule has 2 aromatic rings. The number of ether oxygens (including phenoxy) is 1. The molecule has 7 nitrogen and oxygen atoms in total. The maximum Gasteiger partial charge on any atom is 0.417 e. The maximum absolute atomic E-state index is 12.9. The molecule has 3 N–H and O–H groups in total. The summed E-state index contributed by atoms with van der Waals surface area (Å²) in [4.78, 5) is 22.8. The van der Waals surface area contributed by atoms with Crippen LogP contribution in [0.25, 0.3) is 10.9 Å². The minimum atomic E-state index is -4.61. The van der Waals surface area contributed by atoms with Gasteiger partial charge in [0.05, 0.1) is 17.8 Å². The number of hydrogen-bond acceptors (Lipinski definition) is 4. The number of amides is 1. The second-order valence-electron chi connectivity index (χ2n) is 7.67. The summed E-state index contributed by atoms with van der Waals surface area (Å²) < 4.78 is 45.3. The van der Waals surface area contributed by atoms with E-state index in [2.05, 4.69) is 5.32 Å². The van der Waals surface area contributed by atoms with E-state index in [1.165, 1.54) is 13.1 Å². The fourth-order valence-corrected chi connectivity index (χ4v) is 3.82. The zero-order chi connectivity index (χ0) is 22.1. The topological polar surface area (TPSA) is 101 Å². The van der Waals surface area contributed by atoms with Crippen molar-refractivity contribution >= 4 is 28.6 Å². The number of hydrogen-bond donors (Lipinski definition) is 3. The van der Waals surface area contributed by atoms with Gasteiger partial charge in [-0.1, -0.05) is 0 Å². The number of fused-ring (bicyclic) bond motifs is 1. The predicted octanol–water partition coefficient (Wildman–Crippen LogP) is 4.38. The average Bonchev–Trinajstić information content (AvgIpc) is 3.00. The van der Waals surface area contributed by atoms with E-state index in [0.29, 0.717) is 28.8 Å². The Morgan fingerprint density at radius 3 is 2.53 bits per heavy atom. The van der Waals surface area contributed by atoms with Gasteiger partial charge in [-0.05, 0) is 56.2 Å². The molecular weight excluding hydrogens is 405 g/mol. The molecule has 1 fully saturated rings. The van der Waals surface area contributed by atoms with E-state index in [0.717, 1.165) is 4.57 Å². The molecule has 0 atom stereocenters. The Bertz CT molecular complexity index is 946. The number of halogens is 3. The van der Waals surface area contributed by atoms with Crippen LogP contribution in [0.2, 0.25) is 0 Å². The lowest BCUT2D eigenvalue weighted by molar-refractivity contribution is -0.272. The highest BCUT2D eigenvalue weighted by Crippen LogP contribution is 2.43. The Kier molecular flexibility index (Phi) is 5.98. The third-order valence-corrected chi connectivity index (χ3v) is 5.55. The van der Waals surface area contributed by atoms with E-state index in [1.54, 1.807) is 18.2 Å². The summed E-state index contributed by atoms with van der Waals surface area (Å²) in [5.41, 5.74) is -1.87. The standard InChI is InChI=1S/C20H23F3N2O5/c1-12(26)24-16-11-25(18(27)28)17-3-2-14(10-15(16)17)30-9-6-13-4-7-19(29,8-5-13)20(21,22)23/h2-3,10-11,13,29H,4-9H2,1H3,(H,24,26)(H,27,28). The van der Waals surface area contributed by atoms with E-state index < -0.39 is 17.9 Å². The number of anilines is 1. The third-order valence-electron chi connectivity index (χ3n) is 5.55. The summed E-state index contributed by atoms with van der Waals surface area (Å²) in [7, 11) is 0. The number of rotatable bonds is 5. The monoisotopic (exact) mass is 428 g/mol. The molecule has 0 aliphatic heterocycles. The molecule has 0 spiro atoms. The number of benzene rings is 1. The molecule has 1 amide bonds. The van der Waals surface area contributed by atoms with Crippen LogP contribution in [0.3, 0.4) is 0 Å². The number of aromatic nitrogens is 1. The zero-order valence-corrected chi connectivity index (χ0v) is 16.3. The van der Waals surface area contributed by atoms with E-state index in [-0.39, 0.29) is 44.1 Å². The van der Waals surface area contributed by atoms with Gasteiger partial charge in [0.15, 0.2) is 5.60 Å². The van der Waals surface area contributed by atoms with Crippen molar-refractivity contribution in [2.75, 3.05) is 11.9 Å². The third kappa shape index (κ3) is 4.53. The van der Waals surface area contributed by atoms with Crippen molar-refractivity contribution in [1.82, 2.24) is 4.57 Å². The summed E-state index contributed by atoms with van der Waals surface area (Å²) in [5.74, 6) is 0.140. The highest BCUT2D eigenvalue weighted by Gasteiger charge is 2.54. The molecule has 0 unspecified atom stereocenters. The summed E-state index contributed by atoms with van der Waals surface area (Å²) in [6.07, 6.45) is -4.03. The second-order valence-corrected chi connectivity index (χ2v) is 7.67. The average molecular weight is 428 g/mol. The van der Waals surface area contributed by atoms with Gasteiger partial charge < -0.3 is 20.3 Å². The van der Waals surface area contributed by atoms with Gasteiger partial charge in [0.2, 0.25) is 5.91 Å². The second kappa shape index (κ2) is 8.17. The highest BCUT2D eigenvalue weighted by molar-refractivity contribution is 6.04. The number of aliphatic hydroxyl groups is 1. The van der Waals surface area contributed by atoms with Gasteiger partial charge in [0, 0.05) is 18.5 Å². The van der Waals surface area contributed by atoms with Gasteiger partial charge in [-0.2, -0.15) is 13.2 Å². The van der Waals surface area contributed by atoms with Gasteiger partial charge in [0.1, 0.15) is 5.75 Å². The number of alkyl halides is 3. The highest BCUT2D eigenvalue weighted by atomic mass is 19.4. The van der Waals surface area contributed by atoms with Crippen LogP contribution in [0.4, 0.5) is 23.7 Å². The molecule has 0 bridgehead atoms. The van der Waals surface area contributed by atoms with Crippen molar-refractivity contribution in [3.05, 3.63) is 24.4 Å². The molecular formula is C20H23F3N2O5. The van der Waals surface area contributed by atoms with Crippen LogP contribution in [0, 0.1) is 5.92 Å². The smallest absolute Gasteiger partial charge is 0.417 e. The zero-order valence-electron chi connectivity index (χ0n) is 16.3. The maximum atomic E-state index is 12.9. The lowest BCUT2D eigenvalue weighted by Gasteiger charge is -2.37. The number of carbonyl (C=O) groups excluding carboxylic acids is 1. The first-order valence-electron chi connectivity index (χ1n) is 9.58. The normalized spacial score (nSPS) is 22.1. The lowest BCUT2D eigenvalue weighted by atomic mass is 9.77. The molecule has 1 saturated carbocycles. The Hall–Kier alpha value is -2.75. The molecule has 0 saturated heterocycles. The van der Waals surface area contributed by atoms with Crippen molar-refractivity contribution in [3.8, 4) is 5.75 Å². The van der Waals surface area contributed by atoms with E-state index in [1.807, 2.05) is 0 Å². The summed E-state index contributed by atoms with van der Waals surface area (Å²) >= 11 is 0. The molecule has 0 radical (unpaired) electrons. The molecule has 1 aromatic carbocycles. The molecule has 1 aliphatic rings. The van der Waals surface area contributed by atoms with Gasteiger partial charge in [-0.15, -0.1) is 0 Å². The van der Waals surface area contributed by atoms with Crippen molar-refractivity contribution in [1.29, 1.82) is 0 Å². The SMILES string of the molecule is CC(=O)Nc1cn(C(=O)O)c2ccc(OCCC3CCC(O)(C(F)(F)F)CC3)cc12. The molecule has 1 aliphatic carbocycles. The number of carboxylic acid groups (broad SMARTS) is 1.